The van der Waals surface area contributed by atoms with Crippen LogP contribution in [0.3, 0.4) is 0 Å². The molecular weight excluding hydrogens is 212 g/mol. The minimum atomic E-state index is -0.386. The zero-order valence-electron chi connectivity index (χ0n) is 11.7. The Morgan fingerprint density at radius 1 is 1.06 bits per heavy atom. The van der Waals surface area contributed by atoms with Gasteiger partial charge in [0.15, 0.2) is 0 Å². The lowest BCUT2D eigenvalue weighted by molar-refractivity contribution is -0.00900. The SMILES string of the molecule is C=C[C@@H](OCC)[C@H](O)CCCCCCCCC. The van der Waals surface area contributed by atoms with E-state index in [1.807, 2.05) is 6.92 Å². The van der Waals surface area contributed by atoms with Gasteiger partial charge in [-0.25, -0.2) is 0 Å². The van der Waals surface area contributed by atoms with E-state index in [0.717, 1.165) is 12.8 Å². The van der Waals surface area contributed by atoms with Gasteiger partial charge in [0.05, 0.1) is 6.10 Å². The first kappa shape index (κ1) is 16.7. The first-order valence-corrected chi connectivity index (χ1v) is 7.18. The number of ether oxygens (including phenoxy) is 1. The number of unbranched alkanes of at least 4 members (excludes halogenated alkanes) is 6. The lowest BCUT2D eigenvalue weighted by Crippen LogP contribution is -2.26. The van der Waals surface area contributed by atoms with Crippen molar-refractivity contribution in [1.29, 1.82) is 0 Å². The molecule has 2 nitrogen and oxygen atoms in total. The van der Waals surface area contributed by atoms with Crippen LogP contribution in [0, 0.1) is 0 Å². The predicted octanol–water partition coefficient (Wildman–Crippen LogP) is 4.08. The Balaban J connectivity index is 3.42. The summed E-state index contributed by atoms with van der Waals surface area (Å²) in [6.45, 7) is 8.50. The molecule has 0 fully saturated rings. The Hall–Kier alpha value is -0.340. The second-order valence-electron chi connectivity index (χ2n) is 4.63. The zero-order valence-corrected chi connectivity index (χ0v) is 11.7. The van der Waals surface area contributed by atoms with Crippen molar-refractivity contribution in [2.75, 3.05) is 6.61 Å². The third-order valence-electron chi connectivity index (χ3n) is 3.07. The Labute approximate surface area is 107 Å². The van der Waals surface area contributed by atoms with Crippen LogP contribution in [0.2, 0.25) is 0 Å². The van der Waals surface area contributed by atoms with Gasteiger partial charge >= 0.3 is 0 Å². The molecule has 0 aromatic carbocycles. The fourth-order valence-electron chi connectivity index (χ4n) is 2.00. The third-order valence-corrected chi connectivity index (χ3v) is 3.07. The fraction of sp³-hybridized carbons (Fsp3) is 0.867. The lowest BCUT2D eigenvalue weighted by Gasteiger charge is -2.19. The molecule has 0 unspecified atom stereocenters. The van der Waals surface area contributed by atoms with Crippen LogP contribution in [0.1, 0.15) is 65.2 Å². The molecule has 0 aliphatic carbocycles. The summed E-state index contributed by atoms with van der Waals surface area (Å²) in [5.74, 6) is 0. The standard InChI is InChI=1S/C15H30O2/c1-4-7-8-9-10-11-12-13-14(16)15(5-2)17-6-3/h5,14-16H,2,4,6-13H2,1,3H3/t14-,15-/m1/s1. The van der Waals surface area contributed by atoms with Crippen LogP contribution in [0.4, 0.5) is 0 Å². The van der Waals surface area contributed by atoms with Crippen molar-refractivity contribution in [3.05, 3.63) is 12.7 Å². The maximum atomic E-state index is 9.88. The molecule has 0 saturated carbocycles. The van der Waals surface area contributed by atoms with Crippen molar-refractivity contribution in [3.63, 3.8) is 0 Å². The van der Waals surface area contributed by atoms with Gasteiger partial charge in [0, 0.05) is 6.61 Å². The van der Waals surface area contributed by atoms with Crippen molar-refractivity contribution in [1.82, 2.24) is 0 Å². The lowest BCUT2D eigenvalue weighted by atomic mass is 10.0. The molecule has 0 bridgehead atoms. The smallest absolute Gasteiger partial charge is 0.101 e. The molecule has 1 N–H and O–H groups in total. The van der Waals surface area contributed by atoms with Gasteiger partial charge in [0.2, 0.25) is 0 Å². The van der Waals surface area contributed by atoms with Crippen LogP contribution in [0.15, 0.2) is 12.7 Å². The third kappa shape index (κ3) is 9.37. The van der Waals surface area contributed by atoms with Gasteiger partial charge in [-0.15, -0.1) is 6.58 Å². The number of hydrogen-bond acceptors (Lipinski definition) is 2. The minimum absolute atomic E-state index is 0.194. The summed E-state index contributed by atoms with van der Waals surface area (Å²) in [5, 5.41) is 9.88. The summed E-state index contributed by atoms with van der Waals surface area (Å²) in [7, 11) is 0. The molecule has 0 aliphatic rings. The van der Waals surface area contributed by atoms with Crippen LogP contribution in [-0.2, 0) is 4.74 Å². The molecule has 2 heteroatoms. The molecule has 0 heterocycles. The van der Waals surface area contributed by atoms with Crippen molar-refractivity contribution in [2.24, 2.45) is 0 Å². The molecule has 2 atom stereocenters. The Bertz CT molecular complexity index is 168. The van der Waals surface area contributed by atoms with Crippen LogP contribution in [0.5, 0.6) is 0 Å². The van der Waals surface area contributed by atoms with Crippen LogP contribution in [0.25, 0.3) is 0 Å². The minimum Gasteiger partial charge on any atom is -0.390 e. The summed E-state index contributed by atoms with van der Waals surface area (Å²) in [6.07, 6.45) is 10.9. The highest BCUT2D eigenvalue weighted by Crippen LogP contribution is 2.13. The highest BCUT2D eigenvalue weighted by molar-refractivity contribution is 4.85. The number of rotatable bonds is 12. The molecule has 0 aromatic rings. The van der Waals surface area contributed by atoms with E-state index in [1.165, 1.54) is 38.5 Å². The first-order valence-electron chi connectivity index (χ1n) is 7.18. The largest absolute Gasteiger partial charge is 0.390 e. The van der Waals surface area contributed by atoms with Gasteiger partial charge in [0.25, 0.3) is 0 Å². The Kier molecular flexibility index (Phi) is 11.9. The van der Waals surface area contributed by atoms with E-state index >= 15 is 0 Å². The second kappa shape index (κ2) is 12.1. The van der Waals surface area contributed by atoms with Crippen molar-refractivity contribution in [3.8, 4) is 0 Å². The van der Waals surface area contributed by atoms with Crippen molar-refractivity contribution < 1.29 is 9.84 Å². The van der Waals surface area contributed by atoms with E-state index in [4.69, 9.17) is 4.74 Å². The van der Waals surface area contributed by atoms with Gasteiger partial charge < -0.3 is 9.84 Å². The molecule has 0 rings (SSSR count). The topological polar surface area (TPSA) is 29.5 Å². The Morgan fingerprint density at radius 3 is 2.18 bits per heavy atom. The van der Waals surface area contributed by atoms with Crippen LogP contribution >= 0.6 is 0 Å². The van der Waals surface area contributed by atoms with Crippen molar-refractivity contribution in [2.45, 2.75) is 77.4 Å². The van der Waals surface area contributed by atoms with Crippen LogP contribution in [-0.4, -0.2) is 23.9 Å². The quantitative estimate of drug-likeness (QED) is 0.413. The van der Waals surface area contributed by atoms with Gasteiger partial charge in [-0.1, -0.05) is 57.9 Å². The van der Waals surface area contributed by atoms with Crippen molar-refractivity contribution >= 4 is 0 Å². The predicted molar refractivity (Wildman–Crippen MR) is 74.2 cm³/mol. The maximum absolute atomic E-state index is 9.88. The molecule has 17 heavy (non-hydrogen) atoms. The maximum Gasteiger partial charge on any atom is 0.101 e. The number of hydrogen-bond donors (Lipinski definition) is 1. The average Bonchev–Trinajstić information content (AvgIpc) is 2.34. The Morgan fingerprint density at radius 2 is 1.65 bits per heavy atom. The van der Waals surface area contributed by atoms with Gasteiger partial charge in [0.1, 0.15) is 6.10 Å². The number of aliphatic hydroxyl groups excluding tert-OH is 1. The highest BCUT2D eigenvalue weighted by atomic mass is 16.5. The van der Waals surface area contributed by atoms with E-state index in [-0.39, 0.29) is 12.2 Å². The van der Waals surface area contributed by atoms with Crippen LogP contribution < -0.4 is 0 Å². The van der Waals surface area contributed by atoms with Gasteiger partial charge in [-0.05, 0) is 13.3 Å². The summed E-state index contributed by atoms with van der Waals surface area (Å²) in [4.78, 5) is 0. The normalized spacial score (nSPS) is 14.5. The zero-order chi connectivity index (χ0) is 12.9. The van der Waals surface area contributed by atoms with E-state index < -0.39 is 0 Å². The van der Waals surface area contributed by atoms with E-state index in [0.29, 0.717) is 6.61 Å². The van der Waals surface area contributed by atoms with E-state index in [1.54, 1.807) is 6.08 Å². The molecular formula is C15H30O2. The highest BCUT2D eigenvalue weighted by Gasteiger charge is 2.14. The summed E-state index contributed by atoms with van der Waals surface area (Å²) in [6, 6.07) is 0. The monoisotopic (exact) mass is 242 g/mol. The van der Waals surface area contributed by atoms with E-state index in [9.17, 15) is 5.11 Å². The molecule has 0 spiro atoms. The first-order chi connectivity index (χ1) is 8.26. The summed E-state index contributed by atoms with van der Waals surface area (Å²) in [5.41, 5.74) is 0. The molecule has 0 aliphatic heterocycles. The molecule has 0 amide bonds. The fourth-order valence-corrected chi connectivity index (χ4v) is 2.00. The molecule has 102 valence electrons. The number of aliphatic hydroxyl groups is 1. The second-order valence-corrected chi connectivity index (χ2v) is 4.63. The average molecular weight is 242 g/mol. The van der Waals surface area contributed by atoms with Gasteiger partial charge in [-0.3, -0.25) is 0 Å². The van der Waals surface area contributed by atoms with Gasteiger partial charge in [-0.2, -0.15) is 0 Å². The van der Waals surface area contributed by atoms with E-state index in [2.05, 4.69) is 13.5 Å². The summed E-state index contributed by atoms with van der Waals surface area (Å²) < 4.78 is 5.39. The molecule has 0 radical (unpaired) electrons. The summed E-state index contributed by atoms with van der Waals surface area (Å²) >= 11 is 0. The molecule has 0 aromatic heterocycles. The molecule has 0 saturated heterocycles.